The Kier molecular flexibility index (Phi) is 3.58. The van der Waals surface area contributed by atoms with Gasteiger partial charge in [0.15, 0.2) is 4.77 Å². The molecule has 1 aromatic carbocycles. The van der Waals surface area contributed by atoms with E-state index in [0.29, 0.717) is 4.77 Å². The number of nitrogens with zero attached hydrogens (tertiary/aromatic N) is 2. The average molecular weight is 249 g/mol. The van der Waals surface area contributed by atoms with Gasteiger partial charge in [0.25, 0.3) is 0 Å². The number of benzene rings is 1. The lowest BCUT2D eigenvalue weighted by molar-refractivity contribution is 0.414. The van der Waals surface area contributed by atoms with Crippen LogP contribution in [-0.4, -0.2) is 21.9 Å². The minimum absolute atomic E-state index is 0.672. The lowest BCUT2D eigenvalue weighted by Crippen LogP contribution is -2.02. The summed E-state index contributed by atoms with van der Waals surface area (Å²) in [5.41, 5.74) is 1.16. The van der Waals surface area contributed by atoms with Crippen molar-refractivity contribution in [3.63, 3.8) is 0 Å². The molecule has 1 heterocycles. The van der Waals surface area contributed by atoms with E-state index in [-0.39, 0.29) is 0 Å². The van der Waals surface area contributed by atoms with Crippen molar-refractivity contribution in [3.05, 3.63) is 40.4 Å². The second-order valence-electron chi connectivity index (χ2n) is 3.72. The predicted molar refractivity (Wildman–Crippen MR) is 68.9 cm³/mol. The van der Waals surface area contributed by atoms with Gasteiger partial charge in [0.1, 0.15) is 11.6 Å². The van der Waals surface area contributed by atoms with Crippen LogP contribution >= 0.6 is 12.2 Å². The number of methoxy groups -OCH3 is 1. The van der Waals surface area contributed by atoms with Gasteiger partial charge in [-0.05, 0) is 36.8 Å². The molecule has 2 rings (SSSR count). The number of nitrogens with one attached hydrogen (secondary N) is 1. The summed E-state index contributed by atoms with van der Waals surface area (Å²) >= 11 is 5.16. The Labute approximate surface area is 105 Å². The summed E-state index contributed by atoms with van der Waals surface area (Å²) in [6, 6.07) is 7.98. The van der Waals surface area contributed by atoms with E-state index in [9.17, 15) is 0 Å². The quantitative estimate of drug-likeness (QED) is 0.847. The van der Waals surface area contributed by atoms with Gasteiger partial charge >= 0.3 is 0 Å². The standard InChI is InChI=1S/C12H15N3OS/c1-3-15-11(13-14-12(15)17)8-9-5-4-6-10(7-9)16-2/h4-7H,3,8H2,1-2H3,(H,14,17). The van der Waals surface area contributed by atoms with Crippen molar-refractivity contribution in [2.75, 3.05) is 7.11 Å². The van der Waals surface area contributed by atoms with Crippen LogP contribution in [0.25, 0.3) is 0 Å². The second kappa shape index (κ2) is 5.14. The lowest BCUT2D eigenvalue weighted by atomic mass is 10.1. The van der Waals surface area contributed by atoms with E-state index in [1.165, 1.54) is 0 Å². The summed E-state index contributed by atoms with van der Waals surface area (Å²) in [5.74, 6) is 1.81. The van der Waals surface area contributed by atoms with Gasteiger partial charge in [0, 0.05) is 13.0 Å². The van der Waals surface area contributed by atoms with Crippen LogP contribution in [0.1, 0.15) is 18.3 Å². The molecule has 0 aliphatic heterocycles. The Hall–Kier alpha value is -1.62. The molecule has 0 aliphatic carbocycles. The third-order valence-corrected chi connectivity index (χ3v) is 2.96. The zero-order chi connectivity index (χ0) is 12.3. The van der Waals surface area contributed by atoms with Crippen LogP contribution in [0.2, 0.25) is 0 Å². The monoisotopic (exact) mass is 249 g/mol. The summed E-state index contributed by atoms with van der Waals surface area (Å²) in [7, 11) is 1.67. The Morgan fingerprint density at radius 3 is 3.00 bits per heavy atom. The molecule has 2 aromatic rings. The molecule has 90 valence electrons. The summed E-state index contributed by atoms with van der Waals surface area (Å²) in [6.45, 7) is 2.88. The van der Waals surface area contributed by atoms with Gasteiger partial charge < -0.3 is 9.30 Å². The fourth-order valence-electron chi connectivity index (χ4n) is 1.78. The maximum atomic E-state index is 5.20. The Balaban J connectivity index is 2.28. The second-order valence-corrected chi connectivity index (χ2v) is 4.10. The highest BCUT2D eigenvalue weighted by molar-refractivity contribution is 7.71. The minimum atomic E-state index is 0.672. The topological polar surface area (TPSA) is 42.8 Å². The van der Waals surface area contributed by atoms with Crippen LogP contribution in [0.3, 0.4) is 0 Å². The average Bonchev–Trinajstić information content (AvgIpc) is 2.70. The van der Waals surface area contributed by atoms with Crippen LogP contribution in [0.15, 0.2) is 24.3 Å². The minimum Gasteiger partial charge on any atom is -0.497 e. The highest BCUT2D eigenvalue weighted by Crippen LogP contribution is 2.15. The van der Waals surface area contributed by atoms with Gasteiger partial charge in [-0.15, -0.1) is 0 Å². The van der Waals surface area contributed by atoms with Crippen molar-refractivity contribution in [1.29, 1.82) is 0 Å². The van der Waals surface area contributed by atoms with Gasteiger partial charge in [-0.3, -0.25) is 5.10 Å². The van der Waals surface area contributed by atoms with Crippen LogP contribution in [-0.2, 0) is 13.0 Å². The Morgan fingerprint density at radius 1 is 1.47 bits per heavy atom. The first-order chi connectivity index (χ1) is 8.24. The summed E-state index contributed by atoms with van der Waals surface area (Å²) in [6.07, 6.45) is 0.748. The maximum Gasteiger partial charge on any atom is 0.195 e. The summed E-state index contributed by atoms with van der Waals surface area (Å²) in [4.78, 5) is 0. The fourth-order valence-corrected chi connectivity index (χ4v) is 2.06. The maximum absolute atomic E-state index is 5.20. The number of aromatic nitrogens is 3. The molecule has 5 heteroatoms. The third-order valence-electron chi connectivity index (χ3n) is 2.65. The molecule has 0 saturated carbocycles. The van der Waals surface area contributed by atoms with E-state index in [1.54, 1.807) is 7.11 Å². The van der Waals surface area contributed by atoms with E-state index < -0.39 is 0 Å². The molecule has 1 aromatic heterocycles. The molecular formula is C12H15N3OS. The van der Waals surface area contributed by atoms with Gasteiger partial charge in [0.2, 0.25) is 0 Å². The van der Waals surface area contributed by atoms with Gasteiger partial charge in [-0.2, -0.15) is 5.10 Å². The van der Waals surface area contributed by atoms with E-state index in [1.807, 2.05) is 22.8 Å². The van der Waals surface area contributed by atoms with E-state index in [4.69, 9.17) is 17.0 Å². The SMILES string of the molecule is CCn1c(Cc2cccc(OC)c2)n[nH]c1=S. The zero-order valence-corrected chi connectivity index (χ0v) is 10.8. The molecule has 4 nitrogen and oxygen atoms in total. The van der Waals surface area contributed by atoms with Crippen LogP contribution in [0.5, 0.6) is 5.75 Å². The molecule has 0 amide bonds. The molecule has 17 heavy (non-hydrogen) atoms. The van der Waals surface area contributed by atoms with Crippen molar-refractivity contribution in [1.82, 2.24) is 14.8 Å². The van der Waals surface area contributed by atoms with Crippen molar-refractivity contribution < 1.29 is 4.74 Å². The normalized spacial score (nSPS) is 10.5. The van der Waals surface area contributed by atoms with Crippen molar-refractivity contribution in [2.24, 2.45) is 0 Å². The molecule has 1 N–H and O–H groups in total. The first-order valence-corrected chi connectivity index (χ1v) is 5.92. The molecular weight excluding hydrogens is 234 g/mol. The first-order valence-electron chi connectivity index (χ1n) is 5.51. The molecule has 0 fully saturated rings. The molecule has 0 saturated heterocycles. The van der Waals surface area contributed by atoms with Gasteiger partial charge in [0.05, 0.1) is 7.11 Å². The van der Waals surface area contributed by atoms with Crippen molar-refractivity contribution in [2.45, 2.75) is 19.9 Å². The largest absolute Gasteiger partial charge is 0.497 e. The molecule has 0 radical (unpaired) electrons. The van der Waals surface area contributed by atoms with E-state index in [2.05, 4.69) is 23.2 Å². The Bertz CT molecular complexity index is 559. The lowest BCUT2D eigenvalue weighted by Gasteiger charge is -2.05. The highest BCUT2D eigenvalue weighted by Gasteiger charge is 2.06. The molecule has 0 unspecified atom stereocenters. The Morgan fingerprint density at radius 2 is 2.29 bits per heavy atom. The molecule has 0 bridgehead atoms. The predicted octanol–water partition coefficient (Wildman–Crippen LogP) is 2.56. The van der Waals surface area contributed by atoms with Crippen LogP contribution in [0, 0.1) is 4.77 Å². The molecule has 0 atom stereocenters. The van der Waals surface area contributed by atoms with Crippen molar-refractivity contribution >= 4 is 12.2 Å². The smallest absolute Gasteiger partial charge is 0.195 e. The van der Waals surface area contributed by atoms with Crippen LogP contribution in [0.4, 0.5) is 0 Å². The van der Waals surface area contributed by atoms with Gasteiger partial charge in [-0.1, -0.05) is 12.1 Å². The van der Waals surface area contributed by atoms with E-state index in [0.717, 1.165) is 30.1 Å². The van der Waals surface area contributed by atoms with E-state index >= 15 is 0 Å². The van der Waals surface area contributed by atoms with Crippen molar-refractivity contribution in [3.8, 4) is 5.75 Å². The number of hydrogen-bond donors (Lipinski definition) is 1. The van der Waals surface area contributed by atoms with Gasteiger partial charge in [-0.25, -0.2) is 0 Å². The summed E-state index contributed by atoms with van der Waals surface area (Å²) < 4.78 is 7.87. The molecule has 0 aliphatic rings. The number of ether oxygens (including phenoxy) is 1. The fraction of sp³-hybridized carbons (Fsp3) is 0.333. The first kappa shape index (κ1) is 11.9. The van der Waals surface area contributed by atoms with Crippen LogP contribution < -0.4 is 4.74 Å². The third kappa shape index (κ3) is 2.55. The number of aromatic amines is 1. The number of rotatable bonds is 4. The number of hydrogen-bond acceptors (Lipinski definition) is 3. The molecule has 0 spiro atoms. The number of H-pyrrole nitrogens is 1. The summed E-state index contributed by atoms with van der Waals surface area (Å²) in [5, 5.41) is 7.06. The zero-order valence-electron chi connectivity index (χ0n) is 9.93. The highest BCUT2D eigenvalue weighted by atomic mass is 32.1.